The molecule has 1 aromatic carbocycles. The number of esters is 1. The molecule has 1 radical (unpaired) electrons. The summed E-state index contributed by atoms with van der Waals surface area (Å²) in [5.41, 5.74) is 2.00. The molecule has 0 saturated heterocycles. The number of rotatable bonds is 5. The summed E-state index contributed by atoms with van der Waals surface area (Å²) in [6, 6.07) is 7.64. The Kier molecular flexibility index (Phi) is 9.59. The van der Waals surface area contributed by atoms with Gasteiger partial charge >= 0.3 is 11.9 Å². The van der Waals surface area contributed by atoms with Gasteiger partial charge in [-0.25, -0.2) is 4.79 Å². The molecular formula is C17H23O4. The van der Waals surface area contributed by atoms with Crippen molar-refractivity contribution in [1.82, 2.24) is 0 Å². The van der Waals surface area contributed by atoms with Crippen LogP contribution in [0.2, 0.25) is 0 Å². The minimum absolute atomic E-state index is 0.00921. The predicted molar refractivity (Wildman–Crippen MR) is 83.6 cm³/mol. The van der Waals surface area contributed by atoms with Crippen LogP contribution in [-0.2, 0) is 20.7 Å². The molecule has 0 spiro atoms. The molecule has 21 heavy (non-hydrogen) atoms. The Hall–Kier alpha value is -2.10. The highest BCUT2D eigenvalue weighted by molar-refractivity contribution is 5.85. The lowest BCUT2D eigenvalue weighted by molar-refractivity contribution is -0.146. The molecule has 1 N–H and O–H groups in total. The molecule has 0 fully saturated rings. The van der Waals surface area contributed by atoms with Crippen LogP contribution in [0.3, 0.4) is 0 Å². The fourth-order valence-corrected chi connectivity index (χ4v) is 1.33. The van der Waals surface area contributed by atoms with Crippen LogP contribution in [0.1, 0.15) is 31.9 Å². The van der Waals surface area contributed by atoms with Gasteiger partial charge in [-0.05, 0) is 37.5 Å². The third kappa shape index (κ3) is 9.44. The monoisotopic (exact) mass is 291 g/mol. The van der Waals surface area contributed by atoms with Crippen LogP contribution < -0.4 is 0 Å². The molecule has 115 valence electrons. The summed E-state index contributed by atoms with van der Waals surface area (Å²) < 4.78 is 4.66. The van der Waals surface area contributed by atoms with E-state index in [2.05, 4.69) is 11.7 Å². The summed E-state index contributed by atoms with van der Waals surface area (Å²) in [7, 11) is 0. The Morgan fingerprint density at radius 1 is 1.38 bits per heavy atom. The first-order chi connectivity index (χ1) is 9.90. The molecule has 0 saturated carbocycles. The molecule has 4 nitrogen and oxygen atoms in total. The lowest BCUT2D eigenvalue weighted by Gasteiger charge is -2.01. The quantitative estimate of drug-likeness (QED) is 0.667. The van der Waals surface area contributed by atoms with Gasteiger partial charge in [0.2, 0.25) is 0 Å². The van der Waals surface area contributed by atoms with Gasteiger partial charge in [0, 0.05) is 6.08 Å². The van der Waals surface area contributed by atoms with Crippen LogP contribution >= 0.6 is 0 Å². The first kappa shape index (κ1) is 18.9. The zero-order valence-electron chi connectivity index (χ0n) is 12.8. The smallest absolute Gasteiger partial charge is 0.328 e. The number of carboxylic acid groups (broad SMARTS) is 1. The molecule has 0 bridgehead atoms. The maximum Gasteiger partial charge on any atom is 0.328 e. The van der Waals surface area contributed by atoms with E-state index in [0.717, 1.165) is 23.6 Å². The molecule has 1 aromatic rings. The lowest BCUT2D eigenvalue weighted by Crippen LogP contribution is -2.10. The second-order valence-corrected chi connectivity index (χ2v) is 4.57. The van der Waals surface area contributed by atoms with E-state index in [4.69, 9.17) is 5.11 Å². The van der Waals surface area contributed by atoms with Gasteiger partial charge < -0.3 is 9.84 Å². The summed E-state index contributed by atoms with van der Waals surface area (Å²) in [5, 5.41) is 8.40. The van der Waals surface area contributed by atoms with E-state index in [1.54, 1.807) is 13.0 Å². The maximum atomic E-state index is 10.5. The molecule has 0 heterocycles. The average molecular weight is 291 g/mol. The van der Waals surface area contributed by atoms with Crippen molar-refractivity contribution < 1.29 is 19.4 Å². The number of hydrogen-bond donors (Lipinski definition) is 1. The van der Waals surface area contributed by atoms with Gasteiger partial charge in [-0.1, -0.05) is 38.1 Å². The molecule has 0 amide bonds. The summed E-state index contributed by atoms with van der Waals surface area (Å²) >= 11 is 0. The normalized spacial score (nSPS) is 10.1. The Balaban J connectivity index is 0.000000433. The van der Waals surface area contributed by atoms with Crippen molar-refractivity contribution in [3.8, 4) is 0 Å². The van der Waals surface area contributed by atoms with E-state index in [0.29, 0.717) is 6.61 Å². The zero-order valence-corrected chi connectivity index (χ0v) is 12.8. The maximum absolute atomic E-state index is 10.5. The highest BCUT2D eigenvalue weighted by Gasteiger charge is 2.04. The third-order valence-corrected chi connectivity index (χ3v) is 2.42. The summed E-state index contributed by atoms with van der Waals surface area (Å²) in [6.07, 6.45) is 3.42. The molecule has 1 rings (SSSR count). The summed E-state index contributed by atoms with van der Waals surface area (Å²) in [6.45, 7) is 9.68. The van der Waals surface area contributed by atoms with Gasteiger partial charge in [0.1, 0.15) is 0 Å². The average Bonchev–Trinajstić information content (AvgIpc) is 2.46. The van der Waals surface area contributed by atoms with Crippen LogP contribution in [0.4, 0.5) is 0 Å². The largest absolute Gasteiger partial charge is 0.478 e. The Bertz CT molecular complexity index is 475. The second-order valence-electron chi connectivity index (χ2n) is 4.57. The number of carbonyl (C=O) groups excluding carboxylic acids is 1. The van der Waals surface area contributed by atoms with E-state index in [1.807, 2.05) is 38.1 Å². The van der Waals surface area contributed by atoms with Crippen LogP contribution in [0.15, 0.2) is 30.3 Å². The molecule has 0 aliphatic rings. The van der Waals surface area contributed by atoms with E-state index < -0.39 is 5.97 Å². The zero-order chi connectivity index (χ0) is 16.3. The van der Waals surface area contributed by atoms with Crippen LogP contribution in [0.25, 0.3) is 6.08 Å². The number of carbonyl (C=O) groups is 2. The highest BCUT2D eigenvalue weighted by Crippen LogP contribution is 2.07. The van der Waals surface area contributed by atoms with Gasteiger partial charge in [0.25, 0.3) is 0 Å². The van der Waals surface area contributed by atoms with Gasteiger partial charge in [-0.2, -0.15) is 0 Å². The van der Waals surface area contributed by atoms with Crippen LogP contribution in [0.5, 0.6) is 0 Å². The van der Waals surface area contributed by atoms with E-state index >= 15 is 0 Å². The fraction of sp³-hybridized carbons (Fsp3) is 0.353. The molecule has 0 atom stereocenters. The van der Waals surface area contributed by atoms with E-state index in [-0.39, 0.29) is 11.9 Å². The Morgan fingerprint density at radius 2 is 2.05 bits per heavy atom. The number of benzene rings is 1. The molecular weight excluding hydrogens is 268 g/mol. The van der Waals surface area contributed by atoms with Crippen LogP contribution in [0, 0.1) is 12.8 Å². The first-order valence-corrected chi connectivity index (χ1v) is 6.86. The molecule has 0 aliphatic heterocycles. The van der Waals surface area contributed by atoms with Gasteiger partial charge in [-0.15, -0.1) is 0 Å². The van der Waals surface area contributed by atoms with Crippen molar-refractivity contribution in [2.45, 2.75) is 27.2 Å². The second kappa shape index (κ2) is 10.7. The van der Waals surface area contributed by atoms with Crippen molar-refractivity contribution in [2.75, 3.05) is 6.61 Å². The standard InChI is InChI=1S/C11H11O2.C6H12O2/c1-2-9-4-3-5-10(8-9)6-7-11(12)13;1-4-8-6(7)5(2)3/h3-8H,1-2H2,(H,12,13);5H,4H2,1-3H3/b7-6+;. The van der Waals surface area contributed by atoms with E-state index in [9.17, 15) is 9.59 Å². The van der Waals surface area contributed by atoms with Gasteiger partial charge in [-0.3, -0.25) is 4.79 Å². The highest BCUT2D eigenvalue weighted by atomic mass is 16.5. The SMILES string of the molecule is CCOC(=O)C(C)C.[CH2]Cc1cccc(/C=C/C(=O)O)c1. The Morgan fingerprint density at radius 3 is 2.48 bits per heavy atom. The summed E-state index contributed by atoms with van der Waals surface area (Å²) in [4.78, 5) is 20.7. The summed E-state index contributed by atoms with van der Waals surface area (Å²) in [5.74, 6) is -1.04. The van der Waals surface area contributed by atoms with Gasteiger partial charge in [0.15, 0.2) is 0 Å². The minimum Gasteiger partial charge on any atom is -0.478 e. The van der Waals surface area contributed by atoms with Crippen molar-refractivity contribution >= 4 is 18.0 Å². The minimum atomic E-state index is -0.931. The van der Waals surface area contributed by atoms with Crippen molar-refractivity contribution in [3.05, 3.63) is 48.4 Å². The number of aliphatic carboxylic acids is 1. The third-order valence-electron chi connectivity index (χ3n) is 2.42. The van der Waals surface area contributed by atoms with Crippen molar-refractivity contribution in [3.63, 3.8) is 0 Å². The molecule has 0 unspecified atom stereocenters. The topological polar surface area (TPSA) is 63.6 Å². The Labute approximate surface area is 126 Å². The number of ether oxygens (including phenoxy) is 1. The van der Waals surface area contributed by atoms with Gasteiger partial charge in [0.05, 0.1) is 12.5 Å². The van der Waals surface area contributed by atoms with Crippen molar-refractivity contribution in [1.29, 1.82) is 0 Å². The first-order valence-electron chi connectivity index (χ1n) is 6.86. The van der Waals surface area contributed by atoms with E-state index in [1.165, 1.54) is 0 Å². The number of carboxylic acids is 1. The fourth-order valence-electron chi connectivity index (χ4n) is 1.33. The predicted octanol–water partition coefficient (Wildman–Crippen LogP) is 3.37. The molecule has 4 heteroatoms. The number of hydrogen-bond acceptors (Lipinski definition) is 3. The lowest BCUT2D eigenvalue weighted by atomic mass is 10.1. The molecule has 0 aromatic heterocycles. The molecule has 0 aliphatic carbocycles. The van der Waals surface area contributed by atoms with Crippen LogP contribution in [-0.4, -0.2) is 23.7 Å². The van der Waals surface area contributed by atoms with Crippen molar-refractivity contribution in [2.24, 2.45) is 5.92 Å².